The fourth-order valence-electron chi connectivity index (χ4n) is 7.27. The van der Waals surface area contributed by atoms with Crippen LogP contribution in [-0.4, -0.2) is 92.4 Å². The molecule has 1 amide bonds. The molecule has 15 nitrogen and oxygen atoms in total. The van der Waals surface area contributed by atoms with Crippen LogP contribution in [0.1, 0.15) is 91.5 Å². The Hall–Kier alpha value is -5.67. The number of aromatic nitrogens is 5. The fraction of sp³-hybridized carbons (Fsp3) is 0.425. The molecule has 4 atom stereocenters. The number of hydrogen-bond donors (Lipinski definition) is 2. The van der Waals surface area contributed by atoms with Gasteiger partial charge in [-0.15, -0.1) is 0 Å². The number of rotatable bonds is 14. The number of hydrogen-bond acceptors (Lipinski definition) is 13. The molecule has 55 heavy (non-hydrogen) atoms. The number of nitrogens with zero attached hydrogens (tertiary/aromatic N) is 6. The Kier molecular flexibility index (Phi) is 11.8. The zero-order valence-corrected chi connectivity index (χ0v) is 31.2. The van der Waals surface area contributed by atoms with Crippen molar-refractivity contribution in [2.45, 2.75) is 76.9 Å². The van der Waals surface area contributed by atoms with E-state index in [0.717, 1.165) is 37.1 Å². The van der Waals surface area contributed by atoms with Crippen LogP contribution in [0.15, 0.2) is 77.6 Å². The van der Waals surface area contributed by atoms with Crippen molar-refractivity contribution in [3.05, 3.63) is 101 Å². The van der Waals surface area contributed by atoms with E-state index in [1.165, 1.54) is 26.6 Å². The maximum absolute atomic E-state index is 13.8. The average Bonchev–Trinajstić information content (AvgIpc) is 3.93. The van der Waals surface area contributed by atoms with Gasteiger partial charge >= 0.3 is 11.9 Å². The molecular weight excluding hydrogens is 704 g/mol. The largest absolute Gasteiger partial charge is 0.455 e. The normalized spacial score (nSPS) is 20.1. The molecule has 7 rings (SSSR count). The van der Waals surface area contributed by atoms with Crippen molar-refractivity contribution in [3.63, 3.8) is 0 Å². The second-order valence-corrected chi connectivity index (χ2v) is 13.8. The summed E-state index contributed by atoms with van der Waals surface area (Å²) in [7, 11) is 0. The van der Waals surface area contributed by atoms with Crippen molar-refractivity contribution in [1.29, 1.82) is 0 Å². The lowest BCUT2D eigenvalue weighted by atomic mass is 9.91. The van der Waals surface area contributed by atoms with Crippen molar-refractivity contribution in [1.82, 2.24) is 34.9 Å². The van der Waals surface area contributed by atoms with Crippen LogP contribution in [0, 0.1) is 0 Å². The van der Waals surface area contributed by atoms with Crippen molar-refractivity contribution in [3.8, 4) is 0 Å². The van der Waals surface area contributed by atoms with E-state index in [9.17, 15) is 14.4 Å². The number of benzene rings is 2. The highest BCUT2D eigenvalue weighted by molar-refractivity contribution is 5.94. The van der Waals surface area contributed by atoms with Crippen molar-refractivity contribution >= 4 is 34.8 Å². The van der Waals surface area contributed by atoms with E-state index in [4.69, 9.17) is 33.7 Å². The van der Waals surface area contributed by atoms with Gasteiger partial charge in [0.2, 0.25) is 5.82 Å². The Balaban J connectivity index is 1.26. The summed E-state index contributed by atoms with van der Waals surface area (Å²) in [5, 5.41) is 10.6. The molecule has 0 spiro atoms. The molecule has 15 heteroatoms. The molecule has 5 aromatic rings. The Bertz CT molecular complexity index is 2040. The third-order valence-electron chi connectivity index (χ3n) is 9.95. The van der Waals surface area contributed by atoms with Gasteiger partial charge in [-0.25, -0.2) is 15.0 Å². The number of amides is 1. The molecular formula is C40H46N8O7. The number of fused-ring (bicyclic) bond motifs is 1. The number of ether oxygens (including phenoxy) is 3. The van der Waals surface area contributed by atoms with Crippen LogP contribution in [0.25, 0.3) is 11.2 Å². The van der Waals surface area contributed by atoms with Crippen molar-refractivity contribution in [2.75, 3.05) is 38.0 Å². The van der Waals surface area contributed by atoms with Gasteiger partial charge in [0, 0.05) is 45.5 Å². The third kappa shape index (κ3) is 8.68. The van der Waals surface area contributed by atoms with Gasteiger partial charge in [-0.3, -0.25) is 19.0 Å². The zero-order chi connectivity index (χ0) is 38.3. The van der Waals surface area contributed by atoms with Gasteiger partial charge in [0.05, 0.1) is 12.0 Å². The maximum atomic E-state index is 13.8. The zero-order valence-electron chi connectivity index (χ0n) is 31.2. The first-order valence-corrected chi connectivity index (χ1v) is 18.8. The number of anilines is 1. The van der Waals surface area contributed by atoms with Gasteiger partial charge in [-0.2, -0.15) is 0 Å². The van der Waals surface area contributed by atoms with Gasteiger partial charge in [-0.1, -0.05) is 79.2 Å². The highest BCUT2D eigenvalue weighted by Gasteiger charge is 2.52. The predicted molar refractivity (Wildman–Crippen MR) is 201 cm³/mol. The number of esters is 2. The van der Waals surface area contributed by atoms with Gasteiger partial charge in [0.1, 0.15) is 0 Å². The van der Waals surface area contributed by atoms with Crippen LogP contribution in [0.2, 0.25) is 0 Å². The average molecular weight is 751 g/mol. The van der Waals surface area contributed by atoms with Gasteiger partial charge in [-0.05, 0) is 43.5 Å². The van der Waals surface area contributed by atoms with E-state index in [-0.39, 0.29) is 17.4 Å². The third-order valence-corrected chi connectivity index (χ3v) is 9.95. The molecule has 2 saturated heterocycles. The number of carbonyl (C=O) groups is 3. The molecule has 0 saturated carbocycles. The van der Waals surface area contributed by atoms with E-state index in [1.807, 2.05) is 43.3 Å². The summed E-state index contributed by atoms with van der Waals surface area (Å²) in [5.74, 6) is -1.19. The van der Waals surface area contributed by atoms with Crippen LogP contribution in [-0.2, 0) is 30.2 Å². The molecule has 2 aromatic carbocycles. The second kappa shape index (κ2) is 17.2. The Morgan fingerprint density at radius 1 is 0.909 bits per heavy atom. The van der Waals surface area contributed by atoms with E-state index in [1.54, 1.807) is 10.6 Å². The van der Waals surface area contributed by atoms with E-state index < -0.39 is 42.4 Å². The van der Waals surface area contributed by atoms with Gasteiger partial charge < -0.3 is 34.3 Å². The smallest absolute Gasteiger partial charge is 0.303 e. The lowest BCUT2D eigenvalue weighted by Gasteiger charge is -2.26. The van der Waals surface area contributed by atoms with E-state index in [0.29, 0.717) is 48.8 Å². The SMILES string of the molecule is CCc1cc([C@H]2O[C@@H](n3cnc4c(NCC(c5ccccc5)c5ccccc5)nc(C(=O)NCCN5CCCCC5)nc43)[C@H](OC(C)=O)[C@@H]2OC(C)=O)on1. The first-order valence-electron chi connectivity index (χ1n) is 18.8. The van der Waals surface area contributed by atoms with Crippen LogP contribution in [0.5, 0.6) is 0 Å². The number of likely N-dealkylation sites (tertiary alicyclic amines) is 1. The Morgan fingerprint density at radius 3 is 2.22 bits per heavy atom. The monoisotopic (exact) mass is 750 g/mol. The molecule has 3 aromatic heterocycles. The molecule has 0 radical (unpaired) electrons. The highest BCUT2D eigenvalue weighted by Crippen LogP contribution is 2.44. The molecule has 2 fully saturated rings. The summed E-state index contributed by atoms with van der Waals surface area (Å²) >= 11 is 0. The van der Waals surface area contributed by atoms with Crippen molar-refractivity contribution in [2.24, 2.45) is 0 Å². The molecule has 2 aliphatic rings. The standard InChI is InChI=1S/C40H46N8O7/c1-4-29-22-31(55-46-29)33-34(52-25(2)49)35(53-26(3)50)40(54-33)48-24-43-32-36(42-23-30(27-14-8-5-9-15-27)28-16-10-6-11-17-28)44-37(45-38(32)48)39(51)41-18-21-47-19-12-7-13-20-47/h5-6,8-11,14-17,22,24,30,33-35,40H,4,7,12-13,18-21,23H2,1-3H3,(H,41,51)(H,42,44,45)/t33-,34-,35-,40-/m1/s1. The Labute approximate surface area is 318 Å². The molecule has 2 N–H and O–H groups in total. The van der Waals surface area contributed by atoms with E-state index in [2.05, 4.69) is 45.0 Å². The summed E-state index contributed by atoms with van der Waals surface area (Å²) in [4.78, 5) is 55.2. The predicted octanol–water partition coefficient (Wildman–Crippen LogP) is 4.97. The van der Waals surface area contributed by atoms with Crippen LogP contribution < -0.4 is 10.6 Å². The van der Waals surface area contributed by atoms with E-state index >= 15 is 0 Å². The lowest BCUT2D eigenvalue weighted by Crippen LogP contribution is -2.38. The molecule has 0 unspecified atom stereocenters. The lowest BCUT2D eigenvalue weighted by molar-refractivity contribution is -0.165. The van der Waals surface area contributed by atoms with Crippen LogP contribution >= 0.6 is 0 Å². The number of nitrogens with one attached hydrogen (secondary N) is 2. The molecule has 2 aliphatic heterocycles. The molecule has 5 heterocycles. The van der Waals surface area contributed by atoms with Gasteiger partial charge in [0.15, 0.2) is 47.3 Å². The maximum Gasteiger partial charge on any atom is 0.303 e. The molecule has 288 valence electrons. The summed E-state index contributed by atoms with van der Waals surface area (Å²) in [6.45, 7) is 8.02. The summed E-state index contributed by atoms with van der Waals surface area (Å²) in [6, 6.07) is 22.0. The summed E-state index contributed by atoms with van der Waals surface area (Å²) < 4.78 is 25.2. The van der Waals surface area contributed by atoms with Crippen LogP contribution in [0.3, 0.4) is 0 Å². The topological polar surface area (TPSA) is 176 Å². The minimum Gasteiger partial charge on any atom is -0.455 e. The first-order chi connectivity index (χ1) is 26.8. The molecule has 0 bridgehead atoms. The van der Waals surface area contributed by atoms with Gasteiger partial charge in [0.25, 0.3) is 5.91 Å². The number of piperidine rings is 1. The second-order valence-electron chi connectivity index (χ2n) is 13.8. The quantitative estimate of drug-likeness (QED) is 0.146. The minimum absolute atomic E-state index is 0.0667. The number of imidazole rings is 1. The number of carbonyl (C=O) groups excluding carboxylic acids is 3. The fourth-order valence-corrected chi connectivity index (χ4v) is 7.27. The summed E-state index contributed by atoms with van der Waals surface area (Å²) in [6.07, 6.45) is 1.26. The Morgan fingerprint density at radius 2 is 1.58 bits per heavy atom. The molecule has 0 aliphatic carbocycles. The minimum atomic E-state index is -1.15. The van der Waals surface area contributed by atoms with Crippen LogP contribution in [0.4, 0.5) is 5.82 Å². The number of aryl methyl sites for hydroxylation is 1. The highest BCUT2D eigenvalue weighted by atomic mass is 16.6. The van der Waals surface area contributed by atoms with Crippen molar-refractivity contribution < 1.29 is 33.1 Å². The summed E-state index contributed by atoms with van der Waals surface area (Å²) in [5.41, 5.74) is 3.46. The first kappa shape index (κ1) is 37.6.